The molecule has 1 atom stereocenters. The van der Waals surface area contributed by atoms with Crippen molar-refractivity contribution in [2.75, 3.05) is 45.1 Å². The van der Waals surface area contributed by atoms with Crippen molar-refractivity contribution in [2.24, 2.45) is 17.2 Å². The number of amides is 2. The lowest BCUT2D eigenvalue weighted by Gasteiger charge is -2.34. The lowest BCUT2D eigenvalue weighted by atomic mass is 9.93. The Labute approximate surface area is 224 Å². The number of nitrogens with one attached hydrogen (secondary N) is 2. The van der Waals surface area contributed by atoms with Gasteiger partial charge in [0, 0.05) is 31.3 Å². The monoisotopic (exact) mass is 518 g/mol. The van der Waals surface area contributed by atoms with E-state index < -0.39 is 11.6 Å². The number of rotatable bonds is 12. The Bertz CT molecular complexity index is 1250. The highest BCUT2D eigenvalue weighted by Crippen LogP contribution is 2.32. The Balaban J connectivity index is 1.47. The van der Waals surface area contributed by atoms with Crippen LogP contribution in [0.4, 0.5) is 5.69 Å². The summed E-state index contributed by atoms with van der Waals surface area (Å²) in [5.41, 5.74) is 20.3. The maximum Gasteiger partial charge on any atom is 0.250 e. The van der Waals surface area contributed by atoms with E-state index in [1.165, 1.54) is 0 Å². The van der Waals surface area contributed by atoms with Crippen molar-refractivity contribution in [2.45, 2.75) is 37.3 Å². The van der Waals surface area contributed by atoms with E-state index in [0.717, 1.165) is 52.6 Å². The van der Waals surface area contributed by atoms with E-state index in [1.54, 1.807) is 6.20 Å². The molecule has 9 heteroatoms. The van der Waals surface area contributed by atoms with Crippen molar-refractivity contribution in [1.82, 2.24) is 10.3 Å². The molecule has 0 saturated heterocycles. The predicted octanol–water partition coefficient (Wildman–Crippen LogP) is 1.30. The largest absolute Gasteiger partial charge is 0.340 e. The summed E-state index contributed by atoms with van der Waals surface area (Å²) in [6.45, 7) is 3.64. The lowest BCUT2D eigenvalue weighted by molar-refractivity contribution is -0.907. The van der Waals surface area contributed by atoms with Crippen molar-refractivity contribution in [3.05, 3.63) is 71.9 Å². The minimum absolute atomic E-state index is 0.276. The van der Waals surface area contributed by atoms with Crippen LogP contribution in [0.2, 0.25) is 0 Å². The zero-order valence-corrected chi connectivity index (χ0v) is 22.2. The number of anilines is 1. The van der Waals surface area contributed by atoms with Crippen LogP contribution in [0.5, 0.6) is 0 Å². The third-order valence-corrected chi connectivity index (χ3v) is 7.64. The minimum atomic E-state index is -1.13. The first-order chi connectivity index (χ1) is 18.3. The molecule has 1 aliphatic rings. The van der Waals surface area contributed by atoms with Gasteiger partial charge in [-0.15, -0.1) is 0 Å². The Morgan fingerprint density at radius 2 is 1.63 bits per heavy atom. The van der Waals surface area contributed by atoms with Crippen LogP contribution in [0.1, 0.15) is 24.0 Å². The first kappa shape index (κ1) is 27.7. The van der Waals surface area contributed by atoms with Gasteiger partial charge in [-0.05, 0) is 36.1 Å². The zero-order valence-electron chi connectivity index (χ0n) is 22.2. The van der Waals surface area contributed by atoms with Gasteiger partial charge in [0.1, 0.15) is 5.54 Å². The molecule has 38 heavy (non-hydrogen) atoms. The Hall–Kier alpha value is -3.37. The van der Waals surface area contributed by atoms with Crippen LogP contribution in [0.25, 0.3) is 10.9 Å². The number of likely N-dealkylation sites (N-methyl/N-ethyl adjacent to an activating group) is 1. The van der Waals surface area contributed by atoms with Gasteiger partial charge in [-0.3, -0.25) is 14.6 Å². The van der Waals surface area contributed by atoms with E-state index >= 15 is 0 Å². The molecule has 8 N–H and O–H groups in total. The second kappa shape index (κ2) is 12.0. The van der Waals surface area contributed by atoms with Gasteiger partial charge in [-0.1, -0.05) is 42.5 Å². The molecule has 0 aliphatic heterocycles. The van der Waals surface area contributed by atoms with Crippen LogP contribution >= 0.6 is 0 Å². The summed E-state index contributed by atoms with van der Waals surface area (Å²) >= 11 is 0. The van der Waals surface area contributed by atoms with E-state index in [4.69, 9.17) is 17.2 Å². The zero-order chi connectivity index (χ0) is 27.2. The fourth-order valence-electron chi connectivity index (χ4n) is 5.42. The van der Waals surface area contributed by atoms with Gasteiger partial charge in [0.25, 0.3) is 5.91 Å². The Morgan fingerprint density at radius 3 is 2.29 bits per heavy atom. The van der Waals surface area contributed by atoms with Crippen molar-refractivity contribution < 1.29 is 14.1 Å². The van der Waals surface area contributed by atoms with Crippen LogP contribution in [0.15, 0.2) is 60.8 Å². The van der Waals surface area contributed by atoms with Crippen LogP contribution < -0.4 is 27.8 Å². The van der Waals surface area contributed by atoms with E-state index in [2.05, 4.69) is 22.7 Å². The fourth-order valence-corrected chi connectivity index (χ4v) is 5.42. The SMILES string of the molecule is C[N+](CCN)(CCN)CCC[C@H](N)C(=O)NC1(C(=O)Nc2cnc3ccccc3c2)Cc2ccccc2C1. The van der Waals surface area contributed by atoms with Crippen molar-refractivity contribution in [3.8, 4) is 0 Å². The van der Waals surface area contributed by atoms with Gasteiger partial charge in [-0.25, -0.2) is 0 Å². The summed E-state index contributed by atoms with van der Waals surface area (Å²) in [5, 5.41) is 6.98. The van der Waals surface area contributed by atoms with E-state index in [-0.39, 0.29) is 11.8 Å². The predicted molar refractivity (Wildman–Crippen MR) is 151 cm³/mol. The van der Waals surface area contributed by atoms with Crippen molar-refractivity contribution in [3.63, 3.8) is 0 Å². The van der Waals surface area contributed by atoms with Gasteiger partial charge < -0.3 is 32.3 Å². The number of carbonyl (C=O) groups excluding carboxylic acids is 2. The molecule has 0 unspecified atom stereocenters. The van der Waals surface area contributed by atoms with Gasteiger partial charge >= 0.3 is 0 Å². The first-order valence-corrected chi connectivity index (χ1v) is 13.3. The van der Waals surface area contributed by atoms with Gasteiger partial charge in [0.15, 0.2) is 0 Å². The molecule has 1 aliphatic carbocycles. The molecule has 0 radical (unpaired) electrons. The number of aromatic nitrogens is 1. The Kier molecular flexibility index (Phi) is 8.73. The number of hydrogen-bond donors (Lipinski definition) is 5. The maximum absolute atomic E-state index is 13.8. The summed E-state index contributed by atoms with van der Waals surface area (Å²) < 4.78 is 0.753. The fraction of sp³-hybridized carbons (Fsp3) is 0.414. The Morgan fingerprint density at radius 1 is 1.00 bits per heavy atom. The van der Waals surface area contributed by atoms with Crippen LogP contribution in [0.3, 0.4) is 0 Å². The number of hydrogen-bond acceptors (Lipinski definition) is 6. The highest BCUT2D eigenvalue weighted by molar-refractivity contribution is 6.03. The molecule has 9 nitrogen and oxygen atoms in total. The second-order valence-corrected chi connectivity index (χ2v) is 10.7. The lowest BCUT2D eigenvalue weighted by Crippen LogP contribution is -2.60. The molecule has 0 bridgehead atoms. The molecular formula is C29H40N7O2+. The molecule has 1 aromatic heterocycles. The maximum atomic E-state index is 13.8. The van der Waals surface area contributed by atoms with Crippen molar-refractivity contribution >= 4 is 28.4 Å². The standard InChI is InChI=1S/C29H39N7O2/c1-36(15-12-30,16-13-31)14-6-10-25(32)27(37)35-29(18-22-8-2-3-9-23(22)19-29)28(38)34-24-17-21-7-4-5-11-26(21)33-20-24/h2-5,7-9,11,17,20,25H,6,10,12-16,18-19,30-32H2,1H3,(H-,34,35,37,38)/p+1/t25-/m0/s1. The molecular weight excluding hydrogens is 478 g/mol. The smallest absolute Gasteiger partial charge is 0.250 e. The van der Waals surface area contributed by atoms with Gasteiger partial charge in [0.2, 0.25) is 5.91 Å². The highest BCUT2D eigenvalue weighted by Gasteiger charge is 2.45. The summed E-state index contributed by atoms with van der Waals surface area (Å²) in [6.07, 6.45) is 3.70. The topological polar surface area (TPSA) is 149 Å². The third kappa shape index (κ3) is 6.36. The van der Waals surface area contributed by atoms with Crippen LogP contribution in [-0.4, -0.2) is 72.6 Å². The molecule has 202 valence electrons. The average Bonchev–Trinajstić information content (AvgIpc) is 3.28. The first-order valence-electron chi connectivity index (χ1n) is 13.3. The number of fused-ring (bicyclic) bond motifs is 2. The molecule has 4 rings (SSSR count). The minimum Gasteiger partial charge on any atom is -0.340 e. The molecule has 2 aromatic carbocycles. The summed E-state index contributed by atoms with van der Waals surface area (Å²) in [5.74, 6) is -0.599. The second-order valence-electron chi connectivity index (χ2n) is 10.7. The number of nitrogens with two attached hydrogens (primary N) is 3. The number of benzene rings is 2. The quantitative estimate of drug-likeness (QED) is 0.228. The van der Waals surface area contributed by atoms with E-state index in [1.807, 2.05) is 54.6 Å². The molecule has 3 aromatic rings. The van der Waals surface area contributed by atoms with Crippen LogP contribution in [0, 0.1) is 0 Å². The number of nitrogens with zero attached hydrogens (tertiary/aromatic N) is 2. The number of para-hydroxylation sites is 1. The van der Waals surface area contributed by atoms with Gasteiger partial charge in [0.05, 0.1) is 50.1 Å². The number of quaternary nitrogens is 1. The molecule has 2 amide bonds. The van der Waals surface area contributed by atoms with Gasteiger partial charge in [-0.2, -0.15) is 0 Å². The number of pyridine rings is 1. The number of carbonyl (C=O) groups is 2. The van der Waals surface area contributed by atoms with Crippen molar-refractivity contribution in [1.29, 1.82) is 0 Å². The van der Waals surface area contributed by atoms with E-state index in [9.17, 15) is 9.59 Å². The normalized spacial score (nSPS) is 15.2. The molecule has 1 heterocycles. The third-order valence-electron chi connectivity index (χ3n) is 7.64. The molecule has 0 saturated carbocycles. The van der Waals surface area contributed by atoms with Crippen LogP contribution in [-0.2, 0) is 22.4 Å². The summed E-state index contributed by atoms with van der Waals surface area (Å²) in [7, 11) is 2.13. The van der Waals surface area contributed by atoms with E-state index in [0.29, 0.717) is 38.0 Å². The molecule has 0 spiro atoms. The average molecular weight is 519 g/mol. The molecule has 0 fully saturated rings. The summed E-state index contributed by atoms with van der Waals surface area (Å²) in [6, 6.07) is 16.8. The summed E-state index contributed by atoms with van der Waals surface area (Å²) in [4.78, 5) is 31.5. The highest BCUT2D eigenvalue weighted by atomic mass is 16.2.